The molecule has 0 fully saturated rings. The second-order valence-electron chi connectivity index (χ2n) is 7.55. The highest BCUT2D eigenvalue weighted by Crippen LogP contribution is 2.17. The predicted octanol–water partition coefficient (Wildman–Crippen LogP) is 2.07. The number of nitrogens with one attached hydrogen (secondary N) is 3. The van der Waals surface area contributed by atoms with Gasteiger partial charge in [-0.05, 0) is 37.1 Å². The molecule has 3 heterocycles. The molecule has 9 nitrogen and oxygen atoms in total. The van der Waals surface area contributed by atoms with E-state index >= 15 is 0 Å². The van der Waals surface area contributed by atoms with E-state index in [1.54, 1.807) is 34.9 Å². The fourth-order valence-corrected chi connectivity index (χ4v) is 3.94. The molecule has 0 bridgehead atoms. The minimum Gasteiger partial charge on any atom is -0.296 e. The summed E-state index contributed by atoms with van der Waals surface area (Å²) in [5.74, 6) is -0.286. The van der Waals surface area contributed by atoms with Gasteiger partial charge < -0.3 is 0 Å². The molecule has 0 unspecified atom stereocenters. The quantitative estimate of drug-likeness (QED) is 0.432. The first-order chi connectivity index (χ1) is 15.1. The normalized spacial score (nSPS) is 13.5. The van der Waals surface area contributed by atoms with Gasteiger partial charge in [-0.1, -0.05) is 24.6 Å². The van der Waals surface area contributed by atoms with Crippen LogP contribution in [0.2, 0.25) is 0 Å². The van der Waals surface area contributed by atoms with Crippen molar-refractivity contribution >= 4 is 33.6 Å². The van der Waals surface area contributed by atoms with Gasteiger partial charge in [0.1, 0.15) is 5.82 Å². The Morgan fingerprint density at radius 2 is 1.81 bits per heavy atom. The Morgan fingerprint density at radius 3 is 2.71 bits per heavy atom. The van der Waals surface area contributed by atoms with Gasteiger partial charge >= 0.3 is 0 Å². The van der Waals surface area contributed by atoms with Crippen LogP contribution in [-0.2, 0) is 13.0 Å². The van der Waals surface area contributed by atoms with Gasteiger partial charge in [0, 0.05) is 23.9 Å². The van der Waals surface area contributed by atoms with Gasteiger partial charge in [0.2, 0.25) is 0 Å². The lowest BCUT2D eigenvalue weighted by atomic mass is 10.1. The zero-order valence-corrected chi connectivity index (χ0v) is 16.6. The minimum absolute atomic E-state index is 0.0763. The Hall–Kier alpha value is -4.01. The van der Waals surface area contributed by atoms with Crippen LogP contribution in [0.15, 0.2) is 47.3 Å². The Kier molecular flexibility index (Phi) is 4.70. The van der Waals surface area contributed by atoms with Crippen LogP contribution in [0, 0.1) is 0 Å². The monoisotopic (exact) mass is 416 g/mol. The molecule has 0 atom stereocenters. The van der Waals surface area contributed by atoms with Crippen LogP contribution in [0.3, 0.4) is 0 Å². The molecule has 0 spiro atoms. The lowest BCUT2D eigenvalue weighted by Crippen LogP contribution is -2.41. The van der Waals surface area contributed by atoms with Gasteiger partial charge in [-0.3, -0.25) is 34.9 Å². The molecule has 9 heteroatoms. The van der Waals surface area contributed by atoms with E-state index in [9.17, 15) is 14.4 Å². The second kappa shape index (κ2) is 7.67. The number of hydrogen-bond donors (Lipinski definition) is 3. The maximum absolute atomic E-state index is 12.8. The Bertz CT molecular complexity index is 1390. The number of aromatic amines is 1. The highest BCUT2D eigenvalue weighted by atomic mass is 16.2. The third kappa shape index (κ3) is 3.43. The molecule has 3 N–H and O–H groups in total. The fraction of sp³-hybridized carbons (Fsp3) is 0.227. The number of benzene rings is 2. The highest BCUT2D eigenvalue weighted by molar-refractivity contribution is 6.06. The van der Waals surface area contributed by atoms with E-state index in [1.165, 1.54) is 0 Å². The fourth-order valence-electron chi connectivity index (χ4n) is 3.94. The molecule has 2 aromatic carbocycles. The molecular formula is C22H20N6O3. The van der Waals surface area contributed by atoms with E-state index in [-0.39, 0.29) is 11.3 Å². The number of fused-ring (bicyclic) bond motifs is 3. The molecule has 0 saturated carbocycles. The molecule has 2 amide bonds. The molecule has 1 aliphatic rings. The Morgan fingerprint density at radius 1 is 0.968 bits per heavy atom. The number of hydrogen-bond acceptors (Lipinski definition) is 5. The first-order valence-corrected chi connectivity index (χ1v) is 10.2. The van der Waals surface area contributed by atoms with Crippen molar-refractivity contribution in [2.24, 2.45) is 0 Å². The maximum atomic E-state index is 12.8. The van der Waals surface area contributed by atoms with E-state index in [0.717, 1.165) is 37.0 Å². The van der Waals surface area contributed by atoms with Gasteiger partial charge in [-0.25, -0.2) is 4.98 Å². The first-order valence-electron chi connectivity index (χ1n) is 10.2. The summed E-state index contributed by atoms with van der Waals surface area (Å²) in [6.07, 6.45) is 3.77. The van der Waals surface area contributed by atoms with Crippen molar-refractivity contribution in [1.82, 2.24) is 30.6 Å². The summed E-state index contributed by atoms with van der Waals surface area (Å²) < 4.78 is 1.74. The lowest BCUT2D eigenvalue weighted by Gasteiger charge is -2.11. The SMILES string of the molecule is O=C(NNC(=O)c1n[nH]c2ccccc12)c1ccc2c(=O)n3c(nc2c1)CCCCC3. The zero-order chi connectivity index (χ0) is 21.4. The number of carbonyl (C=O) groups is 2. The number of amides is 2. The summed E-state index contributed by atoms with van der Waals surface area (Å²) in [6, 6.07) is 12.0. The average Bonchev–Trinajstić information content (AvgIpc) is 3.08. The van der Waals surface area contributed by atoms with Crippen LogP contribution in [-0.4, -0.2) is 31.6 Å². The van der Waals surface area contributed by atoms with Crippen molar-refractivity contribution < 1.29 is 9.59 Å². The summed E-state index contributed by atoms with van der Waals surface area (Å²) in [5, 5.41) is 7.93. The van der Waals surface area contributed by atoms with Crippen molar-refractivity contribution in [2.45, 2.75) is 32.2 Å². The number of para-hydroxylation sites is 1. The number of H-pyrrole nitrogens is 1. The van der Waals surface area contributed by atoms with Crippen LogP contribution in [0.1, 0.15) is 45.9 Å². The number of aryl methyl sites for hydroxylation is 1. The van der Waals surface area contributed by atoms with E-state index < -0.39 is 11.8 Å². The predicted molar refractivity (Wildman–Crippen MR) is 115 cm³/mol. The van der Waals surface area contributed by atoms with Gasteiger partial charge in [0.25, 0.3) is 17.4 Å². The number of hydrazine groups is 1. The molecule has 2 aromatic heterocycles. The summed E-state index contributed by atoms with van der Waals surface area (Å²) in [5.41, 5.74) is 6.40. The van der Waals surface area contributed by atoms with E-state index in [0.29, 0.717) is 28.4 Å². The molecule has 0 radical (unpaired) electrons. The number of nitrogens with zero attached hydrogens (tertiary/aromatic N) is 3. The first kappa shape index (κ1) is 19.0. The average molecular weight is 416 g/mol. The van der Waals surface area contributed by atoms with Crippen LogP contribution < -0.4 is 16.4 Å². The van der Waals surface area contributed by atoms with Crippen LogP contribution in [0.4, 0.5) is 0 Å². The van der Waals surface area contributed by atoms with Gasteiger partial charge in [0.05, 0.1) is 16.4 Å². The molecule has 0 aliphatic carbocycles. The van der Waals surface area contributed by atoms with E-state index in [1.807, 2.05) is 12.1 Å². The molecule has 1 aliphatic heterocycles. The number of rotatable bonds is 2. The Balaban J connectivity index is 1.37. The smallest absolute Gasteiger partial charge is 0.290 e. The summed E-state index contributed by atoms with van der Waals surface area (Å²) in [6.45, 7) is 0.674. The van der Waals surface area contributed by atoms with Gasteiger partial charge in [-0.2, -0.15) is 5.10 Å². The molecule has 4 aromatic rings. The second-order valence-corrected chi connectivity index (χ2v) is 7.55. The summed E-state index contributed by atoms with van der Waals surface area (Å²) >= 11 is 0. The van der Waals surface area contributed by atoms with Crippen molar-refractivity contribution in [1.29, 1.82) is 0 Å². The van der Waals surface area contributed by atoms with Crippen LogP contribution in [0.5, 0.6) is 0 Å². The molecule has 0 saturated heterocycles. The molecular weight excluding hydrogens is 396 g/mol. The van der Waals surface area contributed by atoms with Gasteiger partial charge in [0.15, 0.2) is 5.69 Å². The van der Waals surface area contributed by atoms with Crippen LogP contribution >= 0.6 is 0 Å². The van der Waals surface area contributed by atoms with Crippen LogP contribution in [0.25, 0.3) is 21.8 Å². The highest BCUT2D eigenvalue weighted by Gasteiger charge is 2.17. The zero-order valence-electron chi connectivity index (χ0n) is 16.6. The van der Waals surface area contributed by atoms with Crippen molar-refractivity contribution in [3.8, 4) is 0 Å². The van der Waals surface area contributed by atoms with Crippen molar-refractivity contribution in [3.63, 3.8) is 0 Å². The standard InChI is InChI=1S/C22H20N6O3/c29-20(26-27-21(30)19-14-6-3-4-7-16(14)24-25-19)13-9-10-15-17(12-13)23-18-8-2-1-5-11-28(18)22(15)31/h3-4,6-7,9-10,12H,1-2,5,8,11H2,(H,24,25)(H,26,29)(H,27,30). The third-order valence-electron chi connectivity index (χ3n) is 5.55. The largest absolute Gasteiger partial charge is 0.296 e. The third-order valence-corrected chi connectivity index (χ3v) is 5.55. The molecule has 5 rings (SSSR count). The minimum atomic E-state index is -0.534. The number of carbonyl (C=O) groups excluding carboxylic acids is 2. The maximum Gasteiger partial charge on any atom is 0.290 e. The van der Waals surface area contributed by atoms with E-state index in [2.05, 4.69) is 26.0 Å². The topological polar surface area (TPSA) is 122 Å². The van der Waals surface area contributed by atoms with E-state index in [4.69, 9.17) is 0 Å². The van der Waals surface area contributed by atoms with Gasteiger partial charge in [-0.15, -0.1) is 0 Å². The number of aromatic nitrogens is 4. The summed E-state index contributed by atoms with van der Waals surface area (Å²) in [4.78, 5) is 42.5. The van der Waals surface area contributed by atoms with Crippen molar-refractivity contribution in [3.05, 3.63) is 69.9 Å². The Labute approximate surface area is 176 Å². The molecule has 31 heavy (non-hydrogen) atoms. The summed E-state index contributed by atoms with van der Waals surface area (Å²) in [7, 11) is 0. The van der Waals surface area contributed by atoms with Crippen molar-refractivity contribution in [2.75, 3.05) is 0 Å². The lowest BCUT2D eigenvalue weighted by molar-refractivity contribution is 0.0845. The molecule has 156 valence electrons.